The van der Waals surface area contributed by atoms with E-state index in [1.807, 2.05) is 13.8 Å². The first kappa shape index (κ1) is 18.0. The molecule has 2 atom stereocenters. The molecule has 0 saturated heterocycles. The second kappa shape index (κ2) is 7.02. The van der Waals surface area contributed by atoms with E-state index in [2.05, 4.69) is 20.5 Å². The van der Waals surface area contributed by atoms with E-state index in [1.165, 1.54) is 18.5 Å². The first-order valence-electron chi connectivity index (χ1n) is 7.53. The summed E-state index contributed by atoms with van der Waals surface area (Å²) < 4.78 is 38.8. The highest BCUT2D eigenvalue weighted by molar-refractivity contribution is 5.79. The lowest BCUT2D eigenvalue weighted by Gasteiger charge is -2.22. The van der Waals surface area contributed by atoms with Crippen LogP contribution in [-0.4, -0.2) is 21.1 Å². The molecule has 1 heterocycles. The van der Waals surface area contributed by atoms with Gasteiger partial charge in [-0.3, -0.25) is 9.89 Å². The van der Waals surface area contributed by atoms with Gasteiger partial charge in [0.05, 0.1) is 5.56 Å². The third-order valence-corrected chi connectivity index (χ3v) is 3.95. The average molecular weight is 340 g/mol. The maximum absolute atomic E-state index is 12.9. The molecular formula is C16H19F3N4O. The minimum Gasteiger partial charge on any atom is -0.342 e. The predicted octanol–water partition coefficient (Wildman–Crippen LogP) is 3.32. The third kappa shape index (κ3) is 4.12. The number of carbonyl (C=O) groups is 1. The number of carbonyl (C=O) groups excluding carboxylic acids is 1. The molecule has 0 fully saturated rings. The summed E-state index contributed by atoms with van der Waals surface area (Å²) >= 11 is 0. The van der Waals surface area contributed by atoms with Crippen molar-refractivity contribution < 1.29 is 18.0 Å². The first-order valence-corrected chi connectivity index (χ1v) is 7.53. The molecule has 1 amide bonds. The van der Waals surface area contributed by atoms with Crippen molar-refractivity contribution in [2.75, 3.05) is 0 Å². The lowest BCUT2D eigenvalue weighted by molar-refractivity contribution is -0.137. The smallest absolute Gasteiger partial charge is 0.342 e. The van der Waals surface area contributed by atoms with Crippen molar-refractivity contribution in [3.63, 3.8) is 0 Å². The van der Waals surface area contributed by atoms with Gasteiger partial charge in [0.25, 0.3) is 0 Å². The van der Waals surface area contributed by atoms with Gasteiger partial charge in [-0.25, -0.2) is 4.98 Å². The lowest BCUT2D eigenvalue weighted by Crippen LogP contribution is -2.36. The van der Waals surface area contributed by atoms with Crippen LogP contribution in [-0.2, 0) is 11.0 Å². The molecule has 24 heavy (non-hydrogen) atoms. The number of H-pyrrole nitrogens is 1. The van der Waals surface area contributed by atoms with Gasteiger partial charge in [0.1, 0.15) is 12.4 Å². The van der Waals surface area contributed by atoms with E-state index >= 15 is 0 Å². The van der Waals surface area contributed by atoms with E-state index in [1.54, 1.807) is 6.92 Å². The first-order chi connectivity index (χ1) is 11.2. The quantitative estimate of drug-likeness (QED) is 0.877. The molecule has 0 aliphatic heterocycles. The number of aromatic amines is 1. The van der Waals surface area contributed by atoms with Crippen LogP contribution < -0.4 is 5.32 Å². The van der Waals surface area contributed by atoms with E-state index in [-0.39, 0.29) is 29.1 Å². The fraction of sp³-hybridized carbons (Fsp3) is 0.438. The van der Waals surface area contributed by atoms with Gasteiger partial charge in [-0.15, -0.1) is 0 Å². The highest BCUT2D eigenvalue weighted by Gasteiger charge is 2.32. The molecule has 8 heteroatoms. The minimum atomic E-state index is -4.46. The molecule has 0 bridgehead atoms. The van der Waals surface area contributed by atoms with E-state index in [9.17, 15) is 18.0 Å². The fourth-order valence-corrected chi connectivity index (χ4v) is 2.13. The molecule has 0 aliphatic carbocycles. The molecule has 1 aromatic heterocycles. The number of rotatable bonds is 5. The van der Waals surface area contributed by atoms with Crippen LogP contribution in [0.2, 0.25) is 0 Å². The second-order valence-corrected chi connectivity index (χ2v) is 5.97. The van der Waals surface area contributed by atoms with Gasteiger partial charge < -0.3 is 5.32 Å². The molecule has 2 aromatic rings. The van der Waals surface area contributed by atoms with E-state index in [0.717, 1.165) is 12.1 Å². The summed E-state index contributed by atoms with van der Waals surface area (Å²) in [7, 11) is 0. The Kier molecular flexibility index (Phi) is 5.26. The molecule has 1 aromatic carbocycles. The van der Waals surface area contributed by atoms with Crippen LogP contribution in [0.25, 0.3) is 0 Å². The zero-order chi connectivity index (χ0) is 17.9. The third-order valence-electron chi connectivity index (χ3n) is 3.95. The van der Waals surface area contributed by atoms with Gasteiger partial charge in [-0.05, 0) is 23.6 Å². The van der Waals surface area contributed by atoms with Crippen molar-refractivity contribution in [1.29, 1.82) is 0 Å². The fourth-order valence-electron chi connectivity index (χ4n) is 2.13. The number of aromatic nitrogens is 3. The molecule has 130 valence electrons. The number of amides is 1. The monoisotopic (exact) mass is 340 g/mol. The summed E-state index contributed by atoms with van der Waals surface area (Å²) in [4.78, 5) is 16.3. The van der Waals surface area contributed by atoms with Crippen LogP contribution in [0.4, 0.5) is 13.2 Å². The van der Waals surface area contributed by atoms with Crippen LogP contribution >= 0.6 is 0 Å². The van der Waals surface area contributed by atoms with Gasteiger partial charge in [0.2, 0.25) is 5.91 Å². The summed E-state index contributed by atoms with van der Waals surface area (Å²) in [6, 6.07) is 3.98. The number of benzene rings is 1. The molecular weight excluding hydrogens is 321 g/mol. The Balaban J connectivity index is 2.36. The summed E-state index contributed by atoms with van der Waals surface area (Å²) in [5.41, 5.74) is -0.499. The largest absolute Gasteiger partial charge is 0.416 e. The molecule has 2 N–H and O–H groups in total. The SMILES string of the molecule is CC(C)[C@H](C)C(=O)N[C@@H](c1cccc(C(F)(F)F)c1)c1ncn[nH]1. The minimum absolute atomic E-state index is 0.0990. The normalized spacial score (nSPS) is 14.5. The van der Waals surface area contributed by atoms with Crippen molar-refractivity contribution in [3.8, 4) is 0 Å². The van der Waals surface area contributed by atoms with Crippen molar-refractivity contribution in [3.05, 3.63) is 47.5 Å². The molecule has 0 saturated carbocycles. The maximum Gasteiger partial charge on any atom is 0.416 e. The van der Waals surface area contributed by atoms with E-state index in [0.29, 0.717) is 0 Å². The van der Waals surface area contributed by atoms with Crippen molar-refractivity contribution in [2.24, 2.45) is 11.8 Å². The lowest BCUT2D eigenvalue weighted by atomic mass is 9.96. The van der Waals surface area contributed by atoms with Gasteiger partial charge in [-0.2, -0.15) is 18.3 Å². The highest BCUT2D eigenvalue weighted by Crippen LogP contribution is 2.31. The van der Waals surface area contributed by atoms with Crippen molar-refractivity contribution >= 4 is 5.91 Å². The summed E-state index contributed by atoms with van der Waals surface area (Å²) in [6.07, 6.45) is -3.22. The van der Waals surface area contributed by atoms with Gasteiger partial charge in [0.15, 0.2) is 5.82 Å². The Morgan fingerprint density at radius 3 is 2.50 bits per heavy atom. The van der Waals surface area contributed by atoms with Crippen LogP contribution in [0.3, 0.4) is 0 Å². The topological polar surface area (TPSA) is 70.7 Å². The van der Waals surface area contributed by atoms with Crippen LogP contribution in [0.15, 0.2) is 30.6 Å². The number of alkyl halides is 3. The van der Waals surface area contributed by atoms with E-state index < -0.39 is 17.8 Å². The van der Waals surface area contributed by atoms with Crippen molar-refractivity contribution in [1.82, 2.24) is 20.5 Å². The summed E-state index contributed by atoms with van der Waals surface area (Å²) in [6.45, 7) is 5.57. The molecule has 0 aliphatic rings. The maximum atomic E-state index is 12.9. The molecule has 5 nitrogen and oxygen atoms in total. The van der Waals surface area contributed by atoms with E-state index in [4.69, 9.17) is 0 Å². The standard InChI is InChI=1S/C16H19F3N4O/c1-9(2)10(3)15(24)22-13(14-20-8-21-23-14)11-5-4-6-12(7-11)16(17,18)19/h4-10,13H,1-3H3,(H,22,24)(H,20,21,23)/t10-,13-/m0/s1. The predicted molar refractivity (Wildman–Crippen MR) is 81.8 cm³/mol. The van der Waals surface area contributed by atoms with Gasteiger partial charge in [0, 0.05) is 5.92 Å². The number of hydrogen-bond acceptors (Lipinski definition) is 3. The Bertz CT molecular complexity index is 683. The Morgan fingerprint density at radius 2 is 1.96 bits per heavy atom. The van der Waals surface area contributed by atoms with Crippen LogP contribution in [0, 0.1) is 11.8 Å². The van der Waals surface area contributed by atoms with Gasteiger partial charge >= 0.3 is 6.18 Å². The van der Waals surface area contributed by atoms with Gasteiger partial charge in [-0.1, -0.05) is 32.9 Å². The Hall–Kier alpha value is -2.38. The summed E-state index contributed by atoms with van der Waals surface area (Å²) in [5.74, 6) is -0.175. The molecule has 2 rings (SSSR count). The number of nitrogens with one attached hydrogen (secondary N) is 2. The molecule has 0 radical (unpaired) electrons. The highest BCUT2D eigenvalue weighted by atomic mass is 19.4. The van der Waals surface area contributed by atoms with Crippen molar-refractivity contribution in [2.45, 2.75) is 33.0 Å². The number of hydrogen-bond donors (Lipinski definition) is 2. The second-order valence-electron chi connectivity index (χ2n) is 5.97. The molecule has 0 unspecified atom stereocenters. The zero-order valence-electron chi connectivity index (χ0n) is 13.6. The Labute approximate surface area is 137 Å². The Morgan fingerprint density at radius 1 is 1.25 bits per heavy atom. The number of halogens is 3. The van der Waals surface area contributed by atoms with Crippen LogP contribution in [0.5, 0.6) is 0 Å². The van der Waals surface area contributed by atoms with Crippen LogP contribution in [0.1, 0.15) is 43.8 Å². The zero-order valence-corrected chi connectivity index (χ0v) is 13.6. The number of nitrogens with zero attached hydrogens (tertiary/aromatic N) is 2. The summed E-state index contributed by atoms with van der Waals surface area (Å²) in [5, 5.41) is 9.08. The average Bonchev–Trinajstić information content (AvgIpc) is 3.04. The molecule has 0 spiro atoms.